The summed E-state index contributed by atoms with van der Waals surface area (Å²) in [6.45, 7) is 6.70. The maximum absolute atomic E-state index is 13.4. The van der Waals surface area contributed by atoms with E-state index in [1.54, 1.807) is 0 Å². The topological polar surface area (TPSA) is 34.1 Å². The van der Waals surface area contributed by atoms with Crippen molar-refractivity contribution in [1.82, 2.24) is 10.3 Å². The fourth-order valence-corrected chi connectivity index (χ4v) is 1.91. The molecule has 1 N–H and O–H groups in total. The molecule has 0 saturated carbocycles. The molecule has 0 amide bonds. The van der Waals surface area contributed by atoms with Crippen molar-refractivity contribution < 1.29 is 9.13 Å². The van der Waals surface area contributed by atoms with E-state index in [1.807, 2.05) is 38.1 Å². The van der Waals surface area contributed by atoms with Crippen LogP contribution in [0.2, 0.25) is 0 Å². The van der Waals surface area contributed by atoms with Gasteiger partial charge in [-0.05, 0) is 30.2 Å². The Labute approximate surface area is 125 Å². The molecular weight excluding hydrogens is 267 g/mol. The van der Waals surface area contributed by atoms with E-state index in [1.165, 1.54) is 17.8 Å². The van der Waals surface area contributed by atoms with Gasteiger partial charge >= 0.3 is 0 Å². The Morgan fingerprint density at radius 2 is 1.95 bits per heavy atom. The van der Waals surface area contributed by atoms with Gasteiger partial charge in [-0.1, -0.05) is 32.9 Å². The molecule has 0 fully saturated rings. The van der Waals surface area contributed by atoms with Crippen molar-refractivity contribution in [3.8, 4) is 11.6 Å². The molecule has 0 aliphatic heterocycles. The molecule has 3 nitrogen and oxygen atoms in total. The van der Waals surface area contributed by atoms with Crippen LogP contribution in [-0.2, 0) is 13.0 Å². The molecule has 1 aromatic carbocycles. The Morgan fingerprint density at radius 3 is 2.57 bits per heavy atom. The fraction of sp³-hybridized carbons (Fsp3) is 0.353. The highest BCUT2D eigenvalue weighted by atomic mass is 19.1. The summed E-state index contributed by atoms with van der Waals surface area (Å²) in [5, 5.41) is 3.25. The van der Waals surface area contributed by atoms with Crippen LogP contribution < -0.4 is 10.1 Å². The number of nitrogens with zero attached hydrogens (tertiary/aromatic N) is 1. The summed E-state index contributed by atoms with van der Waals surface area (Å²) >= 11 is 0. The number of halogens is 1. The summed E-state index contributed by atoms with van der Waals surface area (Å²) in [6.07, 6.45) is 2.16. The summed E-state index contributed by atoms with van der Waals surface area (Å²) in [6, 6.07) is 9.62. The summed E-state index contributed by atoms with van der Waals surface area (Å²) in [5.74, 6) is 0.787. The van der Waals surface area contributed by atoms with Crippen molar-refractivity contribution in [2.24, 2.45) is 0 Å². The molecule has 4 heteroatoms. The van der Waals surface area contributed by atoms with Gasteiger partial charge in [0.1, 0.15) is 11.6 Å². The van der Waals surface area contributed by atoms with Crippen LogP contribution in [0.15, 0.2) is 36.5 Å². The van der Waals surface area contributed by atoms with Crippen LogP contribution >= 0.6 is 0 Å². The molecule has 112 valence electrons. The highest BCUT2D eigenvalue weighted by Gasteiger charge is 2.09. The molecule has 1 heterocycles. The Morgan fingerprint density at radius 1 is 1.24 bits per heavy atom. The number of aromatic nitrogens is 1. The smallest absolute Gasteiger partial charge is 0.223 e. The molecule has 0 bridgehead atoms. The van der Waals surface area contributed by atoms with E-state index in [0.717, 1.165) is 6.42 Å². The average Bonchev–Trinajstić information content (AvgIpc) is 2.48. The van der Waals surface area contributed by atoms with Crippen LogP contribution in [0, 0.1) is 5.82 Å². The summed E-state index contributed by atoms with van der Waals surface area (Å²) < 4.78 is 19.1. The predicted octanol–water partition coefficient (Wildman–Crippen LogP) is 4.07. The van der Waals surface area contributed by atoms with Crippen LogP contribution in [0.1, 0.15) is 31.9 Å². The second-order valence-electron chi connectivity index (χ2n) is 5.25. The van der Waals surface area contributed by atoms with Gasteiger partial charge < -0.3 is 10.1 Å². The molecule has 0 aliphatic carbocycles. The average molecular weight is 288 g/mol. The lowest BCUT2D eigenvalue weighted by Gasteiger charge is -2.13. The zero-order chi connectivity index (χ0) is 15.2. The van der Waals surface area contributed by atoms with E-state index < -0.39 is 0 Å². The lowest BCUT2D eigenvalue weighted by molar-refractivity contribution is 0.445. The SMILES string of the molecule is CCc1ccc(Oc2ncc(F)cc2CNC(C)C)cc1. The molecule has 0 atom stereocenters. The maximum Gasteiger partial charge on any atom is 0.223 e. The number of aryl methyl sites for hydroxylation is 1. The van der Waals surface area contributed by atoms with Crippen LogP contribution in [-0.4, -0.2) is 11.0 Å². The third-order valence-electron chi connectivity index (χ3n) is 3.14. The van der Waals surface area contributed by atoms with E-state index >= 15 is 0 Å². The summed E-state index contributed by atoms with van der Waals surface area (Å²) in [4.78, 5) is 4.06. The summed E-state index contributed by atoms with van der Waals surface area (Å²) in [5.41, 5.74) is 1.96. The number of hydrogen-bond acceptors (Lipinski definition) is 3. The van der Waals surface area contributed by atoms with Crippen molar-refractivity contribution in [2.75, 3.05) is 0 Å². The zero-order valence-corrected chi connectivity index (χ0v) is 12.7. The first-order valence-corrected chi connectivity index (χ1v) is 7.23. The van der Waals surface area contributed by atoms with Crippen molar-refractivity contribution >= 4 is 0 Å². The normalized spacial score (nSPS) is 10.9. The lowest BCUT2D eigenvalue weighted by atomic mass is 10.2. The monoisotopic (exact) mass is 288 g/mol. The second kappa shape index (κ2) is 7.18. The molecule has 0 radical (unpaired) electrons. The number of hydrogen-bond donors (Lipinski definition) is 1. The van der Waals surface area contributed by atoms with E-state index in [9.17, 15) is 4.39 Å². The van der Waals surface area contributed by atoms with Crippen molar-refractivity contribution in [1.29, 1.82) is 0 Å². The van der Waals surface area contributed by atoms with Crippen LogP contribution in [0.5, 0.6) is 11.6 Å². The first kappa shape index (κ1) is 15.4. The molecule has 21 heavy (non-hydrogen) atoms. The molecule has 0 unspecified atom stereocenters. The minimum atomic E-state index is -0.357. The zero-order valence-electron chi connectivity index (χ0n) is 12.7. The van der Waals surface area contributed by atoms with E-state index in [4.69, 9.17) is 4.74 Å². The predicted molar refractivity (Wildman–Crippen MR) is 82.1 cm³/mol. The Bertz CT molecular complexity index is 582. The van der Waals surface area contributed by atoms with Crippen molar-refractivity contribution in [3.05, 3.63) is 53.5 Å². The molecule has 0 saturated heterocycles. The van der Waals surface area contributed by atoms with Gasteiger partial charge in [0.2, 0.25) is 5.88 Å². The van der Waals surface area contributed by atoms with Crippen LogP contribution in [0.4, 0.5) is 4.39 Å². The fourth-order valence-electron chi connectivity index (χ4n) is 1.91. The molecule has 0 aliphatic rings. The number of nitrogens with one attached hydrogen (secondary N) is 1. The summed E-state index contributed by atoms with van der Waals surface area (Å²) in [7, 11) is 0. The van der Waals surface area contributed by atoms with Gasteiger partial charge in [-0.2, -0.15) is 0 Å². The first-order chi connectivity index (χ1) is 10.1. The second-order valence-corrected chi connectivity index (χ2v) is 5.25. The van der Waals surface area contributed by atoms with Gasteiger partial charge in [0.05, 0.1) is 6.20 Å². The quantitative estimate of drug-likeness (QED) is 0.870. The van der Waals surface area contributed by atoms with E-state index in [2.05, 4.69) is 17.2 Å². The molecule has 1 aromatic heterocycles. The van der Waals surface area contributed by atoms with E-state index in [0.29, 0.717) is 29.8 Å². The maximum atomic E-state index is 13.4. The lowest BCUT2D eigenvalue weighted by Crippen LogP contribution is -2.22. The van der Waals surface area contributed by atoms with Crippen LogP contribution in [0.3, 0.4) is 0 Å². The van der Waals surface area contributed by atoms with Gasteiger partial charge in [0.25, 0.3) is 0 Å². The van der Waals surface area contributed by atoms with Gasteiger partial charge in [0, 0.05) is 18.2 Å². The first-order valence-electron chi connectivity index (χ1n) is 7.23. The van der Waals surface area contributed by atoms with Gasteiger partial charge in [-0.3, -0.25) is 0 Å². The minimum absolute atomic E-state index is 0.310. The highest BCUT2D eigenvalue weighted by Crippen LogP contribution is 2.24. The van der Waals surface area contributed by atoms with Gasteiger partial charge in [-0.15, -0.1) is 0 Å². The largest absolute Gasteiger partial charge is 0.439 e. The van der Waals surface area contributed by atoms with Gasteiger partial charge in [0.15, 0.2) is 0 Å². The van der Waals surface area contributed by atoms with E-state index in [-0.39, 0.29) is 5.82 Å². The molecule has 2 aromatic rings. The Balaban J connectivity index is 2.17. The number of ether oxygens (including phenoxy) is 1. The number of rotatable bonds is 6. The molecular formula is C17H21FN2O. The third-order valence-corrected chi connectivity index (χ3v) is 3.14. The number of pyridine rings is 1. The van der Waals surface area contributed by atoms with Crippen LogP contribution in [0.25, 0.3) is 0 Å². The standard InChI is InChI=1S/C17H21FN2O/c1-4-13-5-7-16(8-6-13)21-17-14(10-19-12(2)3)9-15(18)11-20-17/h5-9,11-12,19H,4,10H2,1-3H3. The van der Waals surface area contributed by atoms with Crippen molar-refractivity contribution in [2.45, 2.75) is 39.8 Å². The number of benzene rings is 1. The Kier molecular flexibility index (Phi) is 5.28. The molecule has 2 rings (SSSR count). The Hall–Kier alpha value is -1.94. The third kappa shape index (κ3) is 4.53. The van der Waals surface area contributed by atoms with Gasteiger partial charge in [-0.25, -0.2) is 9.37 Å². The minimum Gasteiger partial charge on any atom is -0.439 e. The van der Waals surface area contributed by atoms with Crippen molar-refractivity contribution in [3.63, 3.8) is 0 Å². The molecule has 0 spiro atoms. The highest BCUT2D eigenvalue weighted by molar-refractivity contribution is 5.34.